The second-order valence-electron chi connectivity index (χ2n) is 25.5. The van der Waals surface area contributed by atoms with E-state index in [1.165, 1.54) is 233 Å². The molecular weight excluding hydrogens is 1390 g/mol. The molecule has 4 unspecified atom stereocenters. The van der Waals surface area contributed by atoms with Gasteiger partial charge >= 0.3 is 34.8 Å². The second-order valence-corrected chi connectivity index (χ2v) is 31.9. The smallest absolute Gasteiger partial charge is 0.387 e. The summed E-state index contributed by atoms with van der Waals surface area (Å²) in [5.41, 5.74) is -3.72. The molecule has 0 amide bonds. The van der Waals surface area contributed by atoms with Crippen LogP contribution in [0.25, 0.3) is 0 Å². The maximum Gasteiger partial charge on any atom is 0.490 e. The van der Waals surface area contributed by atoms with E-state index < -0.39 is 116 Å². The lowest BCUT2D eigenvalue weighted by Crippen LogP contribution is -2.37. The molecule has 12 atom stereocenters. The number of nitrogens with zero attached hydrogens (tertiary/aromatic N) is 6. The Morgan fingerprint density at radius 2 is 0.614 bits per heavy atom. The maximum atomic E-state index is 12.5. The number of phosphoric ester groups is 1. The summed E-state index contributed by atoms with van der Waals surface area (Å²) in [6.07, 6.45) is 20.0. The lowest BCUT2D eigenvalue weighted by Gasteiger charge is -2.23. The van der Waals surface area contributed by atoms with Gasteiger partial charge in [-0.2, -0.15) is 8.62 Å². The molecule has 101 heavy (non-hydrogen) atoms. The minimum Gasteiger partial charge on any atom is -0.387 e. The van der Waals surface area contributed by atoms with Gasteiger partial charge in [0.25, 0.3) is 18.6 Å². The van der Waals surface area contributed by atoms with Crippen LogP contribution in [0.1, 0.15) is 250 Å². The molecule has 2 saturated heterocycles. The van der Waals surface area contributed by atoms with Crippen LogP contribution in [-0.2, 0) is 49.7 Å². The van der Waals surface area contributed by atoms with Crippen LogP contribution in [-0.4, -0.2) is 210 Å². The van der Waals surface area contributed by atoms with E-state index in [0.717, 1.165) is 24.5 Å². The lowest BCUT2D eigenvalue weighted by atomic mass is 10.1. The number of hydrogen-bond acceptors (Lipinski definition) is 23. The van der Waals surface area contributed by atoms with Gasteiger partial charge in [0.2, 0.25) is 7.57 Å². The SMILES string of the molecule is CCCCN(CCCC)CCCC.CCCCN(CCCC)CCCC.CCCCN(CCCC)CCCC.CCCCN(CCCC)CCCC.[B]P(=O)(OC[C@H]1O[C@@H](n2ccc(=O)[nH]c2=O)[C@H](O)[C@@H]1O)OP(=O)(O)OP(=O)(O)OP(=O)(O)OC[C@H]1O[C@@H](n2ccc(=O)[nH]c2=O)[C@H](O)[C@@H]1O. The highest BCUT2D eigenvalue weighted by Crippen LogP contribution is 2.71. The largest absolute Gasteiger partial charge is 0.490 e. The van der Waals surface area contributed by atoms with Crippen molar-refractivity contribution in [2.24, 2.45) is 0 Å². The average Bonchev–Trinajstić information content (AvgIpc) is 1.70. The Labute approximate surface area is 603 Å². The zero-order valence-corrected chi connectivity index (χ0v) is 66.7. The zero-order chi connectivity index (χ0) is 76.5. The summed E-state index contributed by atoms with van der Waals surface area (Å²) in [5, 5.41) is 40.8. The fraction of sp³-hybridized carbons (Fsp3) is 0.879. The summed E-state index contributed by atoms with van der Waals surface area (Å²) in [6.45, 7) is 40.8. The van der Waals surface area contributed by atoms with Gasteiger partial charge in [0.1, 0.15) is 36.6 Å². The first-order valence-electron chi connectivity index (χ1n) is 37.2. The topological polar surface area (TPSA) is 397 Å². The van der Waals surface area contributed by atoms with E-state index in [-0.39, 0.29) is 0 Å². The molecule has 2 radical (unpaired) electrons. The number of unbranched alkanes of at least 4 members (excludes halogenated alkanes) is 12. The van der Waals surface area contributed by atoms with Crippen LogP contribution in [0.3, 0.4) is 0 Å². The van der Waals surface area contributed by atoms with E-state index in [0.29, 0.717) is 9.13 Å². The first-order valence-corrected chi connectivity index (χ1v) is 43.3. The molecular formula is C66H133BN8O22P4. The minimum absolute atomic E-state index is 0.652. The molecule has 0 saturated carbocycles. The molecule has 2 aromatic heterocycles. The number of ether oxygens (including phenoxy) is 2. The van der Waals surface area contributed by atoms with E-state index in [9.17, 15) is 72.5 Å². The molecule has 35 heteroatoms. The Hall–Kier alpha value is -2.38. The molecule has 2 aliphatic rings. The van der Waals surface area contributed by atoms with Crippen LogP contribution >= 0.6 is 30.9 Å². The van der Waals surface area contributed by atoms with Gasteiger partial charge in [-0.1, -0.05) is 160 Å². The predicted octanol–water partition coefficient (Wildman–Crippen LogP) is 10.7. The molecule has 0 aromatic carbocycles. The molecule has 2 aliphatic heterocycles. The number of aromatic amines is 2. The molecule has 2 aromatic rings. The standard InChI is InChI=1S/C18H25BN4O22P4.4C12H27N/c19-46(32,39-5-7-11(26)13(28)15(41-7)22-3-1-9(24)20-17(22)30)43-48(35,36)45-49(37,38)44-47(33,34)40-6-8-12(27)14(29)16(42-8)23-4-2-10(25)21-18(23)31;4*1-4-7-10-13(11-8-5-2)12-9-6-3/h1-4,7-8,11-16,26-29H,5-6H2,(H,33,34)(H,35,36)(H,37,38)(H,20,24,30)(H,21,25,31);4*4-12H2,1-3H3/t7-,8-,11-,12-,13-,14-,15-,16-,46?;;;;/m1..../s1. The van der Waals surface area contributed by atoms with Crippen molar-refractivity contribution < 1.29 is 84.8 Å². The summed E-state index contributed by atoms with van der Waals surface area (Å²) in [6, 6.07) is 1.76. The van der Waals surface area contributed by atoms with E-state index in [4.69, 9.17) is 17.0 Å². The van der Waals surface area contributed by atoms with Gasteiger partial charge in [-0.25, -0.2) is 27.6 Å². The minimum atomic E-state index is -6.19. The summed E-state index contributed by atoms with van der Waals surface area (Å²) >= 11 is 0. The van der Waals surface area contributed by atoms with Gasteiger partial charge in [-0.05, 0) is 156 Å². The third-order valence-corrected chi connectivity index (χ3v) is 22.3. The molecule has 592 valence electrons. The number of rotatable bonds is 50. The number of hydrogen-bond donors (Lipinski definition) is 9. The Balaban J connectivity index is 0.00000155. The summed E-state index contributed by atoms with van der Waals surface area (Å²) in [7, 11) is -18.2. The van der Waals surface area contributed by atoms with Gasteiger partial charge in [0.15, 0.2) is 12.5 Å². The number of aromatic nitrogens is 4. The zero-order valence-electron chi connectivity index (χ0n) is 63.1. The highest BCUT2D eigenvalue weighted by atomic mass is 31.3. The lowest BCUT2D eigenvalue weighted by molar-refractivity contribution is -0.0542. The van der Waals surface area contributed by atoms with Gasteiger partial charge in [0, 0.05) is 24.5 Å². The Morgan fingerprint density at radius 1 is 0.386 bits per heavy atom. The van der Waals surface area contributed by atoms with Crippen LogP contribution in [0, 0.1) is 0 Å². The van der Waals surface area contributed by atoms with Crippen molar-refractivity contribution in [3.63, 3.8) is 0 Å². The number of aliphatic hydroxyl groups excluding tert-OH is 4. The molecule has 0 bridgehead atoms. The Bertz CT molecular complexity index is 2560. The van der Waals surface area contributed by atoms with Gasteiger partial charge in [-0.3, -0.25) is 37.8 Å². The molecule has 30 nitrogen and oxygen atoms in total. The highest BCUT2D eigenvalue weighted by Gasteiger charge is 2.49. The number of phosphoric acid groups is 3. The first-order chi connectivity index (χ1) is 47.9. The van der Waals surface area contributed by atoms with Crippen molar-refractivity contribution in [3.05, 3.63) is 66.2 Å². The normalized spacial score (nSPS) is 21.3. The highest BCUT2D eigenvalue weighted by molar-refractivity contribution is 7.84. The fourth-order valence-corrected chi connectivity index (χ4v) is 15.3. The maximum absolute atomic E-state index is 12.5. The van der Waals surface area contributed by atoms with Crippen molar-refractivity contribution in [1.29, 1.82) is 0 Å². The van der Waals surface area contributed by atoms with Crippen molar-refractivity contribution in [3.8, 4) is 0 Å². The molecule has 2 fully saturated rings. The van der Waals surface area contributed by atoms with E-state index in [1.807, 2.05) is 9.97 Å². The van der Waals surface area contributed by atoms with Crippen LogP contribution in [0.15, 0.2) is 43.7 Å². The van der Waals surface area contributed by atoms with E-state index >= 15 is 0 Å². The second kappa shape index (κ2) is 56.8. The number of H-pyrrole nitrogens is 2. The first kappa shape index (κ1) is 98.6. The van der Waals surface area contributed by atoms with Crippen molar-refractivity contribution in [2.75, 3.05) is 91.8 Å². The third kappa shape index (κ3) is 44.5. The molecule has 0 spiro atoms. The molecule has 0 aliphatic carbocycles. The van der Waals surface area contributed by atoms with E-state index in [1.54, 1.807) is 0 Å². The van der Waals surface area contributed by atoms with Gasteiger partial charge < -0.3 is 68.7 Å². The van der Waals surface area contributed by atoms with Gasteiger partial charge in [0.05, 0.1) is 13.2 Å². The van der Waals surface area contributed by atoms with E-state index in [2.05, 4.69) is 125 Å². The Kier molecular flexibility index (Phi) is 55.5. The number of aliphatic hydroxyl groups is 4. The van der Waals surface area contributed by atoms with Crippen molar-refractivity contribution in [1.82, 2.24) is 38.7 Å². The molecule has 9 N–H and O–H groups in total. The van der Waals surface area contributed by atoms with Crippen molar-refractivity contribution in [2.45, 2.75) is 286 Å². The summed E-state index contributed by atoms with van der Waals surface area (Å²) in [5.74, 6) is 0. The number of nitrogens with one attached hydrogen (secondary N) is 2. The summed E-state index contributed by atoms with van der Waals surface area (Å²) in [4.78, 5) is 90.1. The summed E-state index contributed by atoms with van der Waals surface area (Å²) < 4.78 is 81.6. The fourth-order valence-electron chi connectivity index (χ4n) is 10.2. The van der Waals surface area contributed by atoms with Crippen LogP contribution in [0.5, 0.6) is 0 Å². The quantitative estimate of drug-likeness (QED) is 0.0219. The molecule has 4 heterocycles. The van der Waals surface area contributed by atoms with Crippen LogP contribution in [0.4, 0.5) is 0 Å². The van der Waals surface area contributed by atoms with Crippen LogP contribution in [0.2, 0.25) is 0 Å². The van der Waals surface area contributed by atoms with Crippen LogP contribution < -0.4 is 22.5 Å². The van der Waals surface area contributed by atoms with Gasteiger partial charge in [-0.15, -0.1) is 0 Å². The Morgan fingerprint density at radius 3 is 0.851 bits per heavy atom. The predicted molar refractivity (Wildman–Crippen MR) is 397 cm³/mol. The molecule has 4 rings (SSSR count). The average molecular weight is 1530 g/mol. The third-order valence-electron chi connectivity index (χ3n) is 16.3. The van der Waals surface area contributed by atoms with Crippen molar-refractivity contribution >= 4 is 38.5 Å². The monoisotopic (exact) mass is 1520 g/mol.